The number of nitrogens with zero attached hydrogens (tertiary/aromatic N) is 3. The van der Waals surface area contributed by atoms with Gasteiger partial charge in [-0.25, -0.2) is 18.1 Å². The summed E-state index contributed by atoms with van der Waals surface area (Å²) < 4.78 is 38.1. The number of nitrogens with one attached hydrogen (secondary N) is 1. The lowest BCUT2D eigenvalue weighted by atomic mass is 10.1. The topological polar surface area (TPSA) is 186 Å². The quantitative estimate of drug-likeness (QED) is 0.221. The van der Waals surface area contributed by atoms with Crippen molar-refractivity contribution in [3.8, 4) is 11.5 Å². The number of methoxy groups -OCH3 is 1. The van der Waals surface area contributed by atoms with E-state index in [2.05, 4.69) is 14.7 Å². The van der Waals surface area contributed by atoms with E-state index in [1.54, 1.807) is 18.3 Å². The van der Waals surface area contributed by atoms with E-state index in [4.69, 9.17) is 20.9 Å². The summed E-state index contributed by atoms with van der Waals surface area (Å²) in [4.78, 5) is 17.9. The molecule has 2 aromatic carbocycles. The molecule has 0 amide bonds. The Kier molecular flexibility index (Phi) is 7.25. The predicted octanol–water partition coefficient (Wildman–Crippen LogP) is 1.51. The zero-order chi connectivity index (χ0) is 24.0. The molecule has 0 spiro atoms. The number of anilines is 2. The average molecular weight is 474 g/mol. The standard InChI is InChI=1S/C20H22N6O6S/c1-31-17-7-2-13(10-14-12-23-20(22)25-19(14)21)11-18(17)32-9-8-24-33(29,30)16-5-3-15(4-6-16)26(27)28/h2-7,11-12,24H,8-10H2,1H3,(H4,21,22,23,25). The molecule has 5 N–H and O–H groups in total. The van der Waals surface area contributed by atoms with Crippen molar-refractivity contribution in [3.63, 3.8) is 0 Å². The molecule has 0 aliphatic rings. The van der Waals surface area contributed by atoms with Gasteiger partial charge in [0.1, 0.15) is 12.4 Å². The molecule has 13 heteroatoms. The van der Waals surface area contributed by atoms with Gasteiger partial charge >= 0.3 is 0 Å². The summed E-state index contributed by atoms with van der Waals surface area (Å²) in [5.41, 5.74) is 12.7. The van der Waals surface area contributed by atoms with Crippen molar-refractivity contribution in [2.45, 2.75) is 11.3 Å². The molecule has 0 saturated heterocycles. The van der Waals surface area contributed by atoms with E-state index < -0.39 is 14.9 Å². The molecule has 174 valence electrons. The number of nitro benzene ring substituents is 1. The van der Waals surface area contributed by atoms with Crippen LogP contribution in [0.1, 0.15) is 11.1 Å². The SMILES string of the molecule is COc1ccc(Cc2cnc(N)nc2N)cc1OCCNS(=O)(=O)c1ccc([N+](=O)[O-])cc1. The second-order valence-corrected chi connectivity index (χ2v) is 8.56. The molecule has 0 atom stereocenters. The number of nitro groups is 1. The first-order chi connectivity index (χ1) is 15.7. The van der Waals surface area contributed by atoms with Gasteiger partial charge in [-0.15, -0.1) is 0 Å². The number of sulfonamides is 1. The predicted molar refractivity (Wildman–Crippen MR) is 120 cm³/mol. The van der Waals surface area contributed by atoms with Crippen molar-refractivity contribution < 1.29 is 22.8 Å². The summed E-state index contributed by atoms with van der Waals surface area (Å²) in [6.45, 7) is -0.0232. The second-order valence-electron chi connectivity index (χ2n) is 6.80. The molecule has 3 aromatic rings. The number of non-ortho nitro benzene ring substituents is 1. The summed E-state index contributed by atoms with van der Waals surface area (Å²) in [6, 6.07) is 9.89. The lowest BCUT2D eigenvalue weighted by Crippen LogP contribution is -2.28. The fraction of sp³-hybridized carbons (Fsp3) is 0.200. The highest BCUT2D eigenvalue weighted by Gasteiger charge is 2.16. The van der Waals surface area contributed by atoms with Gasteiger partial charge in [-0.3, -0.25) is 10.1 Å². The molecule has 0 radical (unpaired) electrons. The Morgan fingerprint density at radius 2 is 1.85 bits per heavy atom. The Morgan fingerprint density at radius 1 is 1.12 bits per heavy atom. The van der Waals surface area contributed by atoms with Gasteiger partial charge < -0.3 is 20.9 Å². The Morgan fingerprint density at radius 3 is 2.48 bits per heavy atom. The van der Waals surface area contributed by atoms with Crippen LogP contribution in [0.2, 0.25) is 0 Å². The van der Waals surface area contributed by atoms with E-state index in [0.717, 1.165) is 17.7 Å². The van der Waals surface area contributed by atoms with Gasteiger partial charge in [0.2, 0.25) is 16.0 Å². The Labute approximate surface area is 189 Å². The summed E-state index contributed by atoms with van der Waals surface area (Å²) in [5.74, 6) is 1.26. The van der Waals surface area contributed by atoms with Gasteiger partial charge in [-0.1, -0.05) is 6.07 Å². The molecule has 0 aliphatic heterocycles. The highest BCUT2D eigenvalue weighted by Crippen LogP contribution is 2.29. The Hall–Kier alpha value is -3.97. The van der Waals surface area contributed by atoms with Crippen molar-refractivity contribution in [1.82, 2.24) is 14.7 Å². The van der Waals surface area contributed by atoms with Crippen molar-refractivity contribution in [3.05, 3.63) is 69.9 Å². The smallest absolute Gasteiger partial charge is 0.269 e. The van der Waals surface area contributed by atoms with Crippen LogP contribution in [-0.2, 0) is 16.4 Å². The normalized spacial score (nSPS) is 11.2. The van der Waals surface area contributed by atoms with E-state index in [9.17, 15) is 18.5 Å². The van der Waals surface area contributed by atoms with Crippen molar-refractivity contribution in [1.29, 1.82) is 0 Å². The van der Waals surface area contributed by atoms with Crippen molar-refractivity contribution in [2.24, 2.45) is 0 Å². The number of hydrogen-bond acceptors (Lipinski definition) is 10. The zero-order valence-corrected chi connectivity index (χ0v) is 18.4. The Bertz CT molecular complexity index is 1250. The lowest BCUT2D eigenvalue weighted by Gasteiger charge is -2.13. The van der Waals surface area contributed by atoms with Crippen LogP contribution in [0.5, 0.6) is 11.5 Å². The first-order valence-corrected chi connectivity index (χ1v) is 11.1. The van der Waals surface area contributed by atoms with Crippen LogP contribution in [0.4, 0.5) is 17.5 Å². The molecule has 12 nitrogen and oxygen atoms in total. The van der Waals surface area contributed by atoms with Crippen LogP contribution in [0.25, 0.3) is 0 Å². The van der Waals surface area contributed by atoms with Gasteiger partial charge in [0, 0.05) is 36.9 Å². The molecule has 0 aliphatic carbocycles. The second kappa shape index (κ2) is 10.1. The summed E-state index contributed by atoms with van der Waals surface area (Å²) in [7, 11) is -2.36. The number of aromatic nitrogens is 2. The van der Waals surface area contributed by atoms with Gasteiger partial charge in [0.05, 0.1) is 16.9 Å². The first-order valence-electron chi connectivity index (χ1n) is 9.60. The van der Waals surface area contributed by atoms with Gasteiger partial charge in [-0.05, 0) is 29.8 Å². The van der Waals surface area contributed by atoms with Crippen LogP contribution in [0.15, 0.2) is 53.6 Å². The average Bonchev–Trinajstić information content (AvgIpc) is 2.79. The molecule has 3 rings (SSSR count). The van der Waals surface area contributed by atoms with Crippen molar-refractivity contribution >= 4 is 27.5 Å². The molecule has 0 unspecified atom stereocenters. The number of hydrogen-bond donors (Lipinski definition) is 3. The van der Waals surface area contributed by atoms with Crippen LogP contribution >= 0.6 is 0 Å². The lowest BCUT2D eigenvalue weighted by molar-refractivity contribution is -0.384. The first kappa shape index (κ1) is 23.7. The number of benzene rings is 2. The molecule has 0 fully saturated rings. The Balaban J connectivity index is 1.63. The maximum atomic E-state index is 12.4. The third kappa shape index (κ3) is 6.05. The summed E-state index contributed by atoms with van der Waals surface area (Å²) in [5, 5.41) is 10.7. The molecule has 33 heavy (non-hydrogen) atoms. The van der Waals surface area contributed by atoms with Gasteiger partial charge in [-0.2, -0.15) is 4.98 Å². The van der Waals surface area contributed by atoms with Gasteiger partial charge in [0.25, 0.3) is 5.69 Å². The van der Waals surface area contributed by atoms with Crippen molar-refractivity contribution in [2.75, 3.05) is 31.7 Å². The zero-order valence-electron chi connectivity index (χ0n) is 17.6. The van der Waals surface area contributed by atoms with Crippen LogP contribution in [0, 0.1) is 10.1 Å². The maximum absolute atomic E-state index is 12.4. The molecule has 1 heterocycles. The van der Waals surface area contributed by atoms with Crippen LogP contribution < -0.4 is 25.7 Å². The monoisotopic (exact) mass is 474 g/mol. The molecule has 0 saturated carbocycles. The van der Waals surface area contributed by atoms with E-state index in [1.807, 2.05) is 6.07 Å². The minimum Gasteiger partial charge on any atom is -0.493 e. The summed E-state index contributed by atoms with van der Waals surface area (Å²) >= 11 is 0. The fourth-order valence-electron chi connectivity index (χ4n) is 2.90. The fourth-order valence-corrected chi connectivity index (χ4v) is 3.91. The van der Waals surface area contributed by atoms with Crippen LogP contribution in [0.3, 0.4) is 0 Å². The highest BCUT2D eigenvalue weighted by molar-refractivity contribution is 7.89. The third-order valence-electron chi connectivity index (χ3n) is 4.55. The number of rotatable bonds is 10. The molecular weight excluding hydrogens is 452 g/mol. The molecular formula is C20H22N6O6S. The third-order valence-corrected chi connectivity index (χ3v) is 6.03. The highest BCUT2D eigenvalue weighted by atomic mass is 32.2. The molecule has 0 bridgehead atoms. The van der Waals surface area contributed by atoms with E-state index in [1.165, 1.54) is 19.2 Å². The maximum Gasteiger partial charge on any atom is 0.269 e. The number of ether oxygens (including phenoxy) is 2. The van der Waals surface area contributed by atoms with E-state index in [0.29, 0.717) is 23.5 Å². The molecule has 1 aromatic heterocycles. The number of nitrogen functional groups attached to an aromatic ring is 2. The largest absolute Gasteiger partial charge is 0.493 e. The van der Waals surface area contributed by atoms with Gasteiger partial charge in [0.15, 0.2) is 11.5 Å². The minimum atomic E-state index is -3.85. The number of nitrogens with two attached hydrogens (primary N) is 2. The van der Waals surface area contributed by atoms with E-state index in [-0.39, 0.29) is 35.5 Å². The van der Waals surface area contributed by atoms with E-state index >= 15 is 0 Å². The summed E-state index contributed by atoms with van der Waals surface area (Å²) in [6.07, 6.45) is 1.98. The van der Waals surface area contributed by atoms with Crippen LogP contribution in [-0.4, -0.2) is 43.6 Å². The minimum absolute atomic E-state index is 0.0130.